The highest BCUT2D eigenvalue weighted by atomic mass is 16.6. The van der Waals surface area contributed by atoms with E-state index >= 15 is 0 Å². The minimum atomic E-state index is -0.450. The number of likely N-dealkylation sites (tertiary alicyclic amines) is 1. The number of amides is 2. The molecule has 0 spiro atoms. The molecule has 2 amide bonds. The van der Waals surface area contributed by atoms with Crippen molar-refractivity contribution in [3.63, 3.8) is 0 Å². The van der Waals surface area contributed by atoms with Gasteiger partial charge in [0.1, 0.15) is 11.5 Å². The Morgan fingerprint density at radius 1 is 1.11 bits per heavy atom. The summed E-state index contributed by atoms with van der Waals surface area (Å²) >= 11 is 0. The molecule has 7 nitrogen and oxygen atoms in total. The van der Waals surface area contributed by atoms with Crippen molar-refractivity contribution in [2.75, 3.05) is 32.7 Å². The Hall–Kier alpha value is -3.22. The van der Waals surface area contributed by atoms with Crippen LogP contribution in [-0.4, -0.2) is 44.3 Å². The summed E-state index contributed by atoms with van der Waals surface area (Å²) in [7, 11) is 2.95. The number of anilines is 1. The van der Waals surface area contributed by atoms with Gasteiger partial charge in [-0.3, -0.25) is 0 Å². The molecule has 1 aliphatic rings. The second-order valence-corrected chi connectivity index (χ2v) is 6.41. The third-order valence-electron chi connectivity index (χ3n) is 4.70. The average molecular weight is 384 g/mol. The van der Waals surface area contributed by atoms with Gasteiger partial charge in [-0.2, -0.15) is 0 Å². The van der Waals surface area contributed by atoms with E-state index in [9.17, 15) is 9.59 Å². The molecule has 0 unspecified atom stereocenters. The lowest BCUT2D eigenvalue weighted by Gasteiger charge is -2.26. The third kappa shape index (κ3) is 4.54. The number of rotatable bonds is 6. The van der Waals surface area contributed by atoms with Gasteiger partial charge in [0.25, 0.3) is 0 Å². The number of carbonyl (C=O) groups is 2. The van der Waals surface area contributed by atoms with Crippen molar-refractivity contribution >= 4 is 17.7 Å². The van der Waals surface area contributed by atoms with Gasteiger partial charge in [-0.15, -0.1) is 0 Å². The Kier molecular flexibility index (Phi) is 6.37. The van der Waals surface area contributed by atoms with Gasteiger partial charge < -0.3 is 24.4 Å². The van der Waals surface area contributed by atoms with E-state index < -0.39 is 5.97 Å². The van der Waals surface area contributed by atoms with Gasteiger partial charge in [0.2, 0.25) is 0 Å². The molecule has 28 heavy (non-hydrogen) atoms. The average Bonchev–Trinajstić information content (AvgIpc) is 3.22. The highest BCUT2D eigenvalue weighted by molar-refractivity contribution is 5.90. The number of hydrogen-bond acceptors (Lipinski definition) is 5. The first-order valence-corrected chi connectivity index (χ1v) is 9.12. The molecule has 1 N–H and O–H groups in total. The van der Waals surface area contributed by atoms with Gasteiger partial charge in [0.15, 0.2) is 6.61 Å². The second-order valence-electron chi connectivity index (χ2n) is 6.41. The Morgan fingerprint density at radius 2 is 1.86 bits per heavy atom. The van der Waals surface area contributed by atoms with Crippen molar-refractivity contribution in [1.29, 1.82) is 0 Å². The van der Waals surface area contributed by atoms with Crippen LogP contribution in [0.4, 0.5) is 10.5 Å². The lowest BCUT2D eigenvalue weighted by molar-refractivity contribution is -0.142. The number of para-hydroxylation sites is 1. The molecule has 1 heterocycles. The predicted octanol–water partition coefficient (Wildman–Crippen LogP) is 3.62. The van der Waals surface area contributed by atoms with Crippen LogP contribution in [0.3, 0.4) is 0 Å². The molecular weight excluding hydrogens is 360 g/mol. The topological polar surface area (TPSA) is 77.1 Å². The fourth-order valence-electron chi connectivity index (χ4n) is 3.31. The maximum Gasteiger partial charge on any atom is 0.343 e. The van der Waals surface area contributed by atoms with Crippen molar-refractivity contribution in [1.82, 2.24) is 4.90 Å². The standard InChI is InChI=1S/C21H24N2O5/c1-26-19-8-4-3-6-17(19)18-7-5-13-23(18)21(25)22-15-9-11-16(12-10-15)28-14-20(24)27-2/h3-4,6,8-12,18H,5,7,13-14H2,1-2H3,(H,22,25)/t18-/m0/s1. The first kappa shape index (κ1) is 19.5. The second kappa shape index (κ2) is 9.12. The van der Waals surface area contributed by atoms with Gasteiger partial charge in [0.05, 0.1) is 20.3 Å². The number of benzene rings is 2. The van der Waals surface area contributed by atoms with Crippen molar-refractivity contribution < 1.29 is 23.8 Å². The van der Waals surface area contributed by atoms with E-state index in [-0.39, 0.29) is 18.7 Å². The molecule has 1 saturated heterocycles. The molecule has 1 atom stereocenters. The molecule has 148 valence electrons. The summed E-state index contributed by atoms with van der Waals surface area (Å²) in [5.41, 5.74) is 1.67. The molecule has 7 heteroatoms. The molecule has 0 radical (unpaired) electrons. The molecule has 2 aromatic carbocycles. The van der Waals surface area contributed by atoms with Crippen LogP contribution in [0.15, 0.2) is 48.5 Å². The van der Waals surface area contributed by atoms with Crippen molar-refractivity contribution in [3.05, 3.63) is 54.1 Å². The van der Waals surface area contributed by atoms with Crippen molar-refractivity contribution in [2.24, 2.45) is 0 Å². The summed E-state index contributed by atoms with van der Waals surface area (Å²) in [5.74, 6) is 0.865. The van der Waals surface area contributed by atoms with E-state index in [2.05, 4.69) is 10.1 Å². The van der Waals surface area contributed by atoms with Crippen molar-refractivity contribution in [3.8, 4) is 11.5 Å². The number of methoxy groups -OCH3 is 2. The Labute approximate surface area is 164 Å². The molecule has 3 rings (SSSR count). The van der Waals surface area contributed by atoms with Crippen LogP contribution in [0.1, 0.15) is 24.4 Å². The zero-order valence-electron chi connectivity index (χ0n) is 16.0. The molecule has 0 bridgehead atoms. The maximum atomic E-state index is 12.8. The van der Waals surface area contributed by atoms with Gasteiger partial charge in [-0.1, -0.05) is 18.2 Å². The van der Waals surface area contributed by atoms with E-state index in [4.69, 9.17) is 9.47 Å². The van der Waals surface area contributed by atoms with Crippen LogP contribution in [0.2, 0.25) is 0 Å². The highest BCUT2D eigenvalue weighted by Crippen LogP contribution is 2.37. The summed E-state index contributed by atoms with van der Waals surface area (Å²) in [6.07, 6.45) is 1.84. The maximum absolute atomic E-state index is 12.8. The fraction of sp³-hybridized carbons (Fsp3) is 0.333. The normalized spacial score (nSPS) is 15.8. The molecule has 0 saturated carbocycles. The van der Waals surface area contributed by atoms with Crippen LogP contribution in [0.5, 0.6) is 11.5 Å². The van der Waals surface area contributed by atoms with E-state index in [1.165, 1.54) is 7.11 Å². The van der Waals surface area contributed by atoms with E-state index in [0.29, 0.717) is 18.0 Å². The van der Waals surface area contributed by atoms with Crippen LogP contribution < -0.4 is 14.8 Å². The third-order valence-corrected chi connectivity index (χ3v) is 4.70. The largest absolute Gasteiger partial charge is 0.496 e. The van der Waals surface area contributed by atoms with Crippen LogP contribution in [0.25, 0.3) is 0 Å². The van der Waals surface area contributed by atoms with Gasteiger partial charge in [-0.25, -0.2) is 9.59 Å². The van der Waals surface area contributed by atoms with Crippen molar-refractivity contribution in [2.45, 2.75) is 18.9 Å². The zero-order chi connectivity index (χ0) is 19.9. The lowest BCUT2D eigenvalue weighted by atomic mass is 10.0. The van der Waals surface area contributed by atoms with Crippen LogP contribution in [0, 0.1) is 0 Å². The molecule has 1 aliphatic heterocycles. The monoisotopic (exact) mass is 384 g/mol. The van der Waals surface area contributed by atoms with E-state index in [1.807, 2.05) is 29.2 Å². The summed E-state index contributed by atoms with van der Waals surface area (Å²) in [6, 6.07) is 14.5. The zero-order valence-corrected chi connectivity index (χ0v) is 16.0. The minimum Gasteiger partial charge on any atom is -0.496 e. The molecule has 2 aromatic rings. The molecular formula is C21H24N2O5. The quantitative estimate of drug-likeness (QED) is 0.770. The summed E-state index contributed by atoms with van der Waals surface area (Å²) in [6.45, 7) is 0.533. The van der Waals surface area contributed by atoms with Gasteiger partial charge >= 0.3 is 12.0 Å². The first-order valence-electron chi connectivity index (χ1n) is 9.12. The number of ether oxygens (including phenoxy) is 3. The number of esters is 1. The fourth-order valence-corrected chi connectivity index (χ4v) is 3.31. The van der Waals surface area contributed by atoms with Gasteiger partial charge in [-0.05, 0) is 43.2 Å². The Bertz CT molecular complexity index is 822. The smallest absolute Gasteiger partial charge is 0.343 e. The number of hydrogen-bond donors (Lipinski definition) is 1. The number of carbonyl (C=O) groups excluding carboxylic acids is 2. The van der Waals surface area contributed by atoms with Crippen LogP contribution >= 0.6 is 0 Å². The molecule has 0 aromatic heterocycles. The summed E-state index contributed by atoms with van der Waals surface area (Å²) in [4.78, 5) is 25.8. The first-order chi connectivity index (χ1) is 13.6. The van der Waals surface area contributed by atoms with E-state index in [0.717, 1.165) is 24.2 Å². The predicted molar refractivity (Wildman–Crippen MR) is 105 cm³/mol. The Balaban J connectivity index is 1.64. The number of urea groups is 1. The minimum absolute atomic E-state index is 0.0150. The highest BCUT2D eigenvalue weighted by Gasteiger charge is 2.31. The van der Waals surface area contributed by atoms with E-state index in [1.54, 1.807) is 31.4 Å². The molecule has 0 aliphatic carbocycles. The Morgan fingerprint density at radius 3 is 2.57 bits per heavy atom. The number of nitrogens with zero attached hydrogens (tertiary/aromatic N) is 1. The molecule has 1 fully saturated rings. The summed E-state index contributed by atoms with van der Waals surface area (Å²) in [5, 5.41) is 2.92. The summed E-state index contributed by atoms with van der Waals surface area (Å²) < 4.78 is 15.3. The lowest BCUT2D eigenvalue weighted by Crippen LogP contribution is -2.34. The van der Waals surface area contributed by atoms with Gasteiger partial charge in [0, 0.05) is 17.8 Å². The van der Waals surface area contributed by atoms with Crippen LogP contribution in [-0.2, 0) is 9.53 Å². The SMILES string of the molecule is COC(=O)COc1ccc(NC(=O)N2CCC[C@H]2c2ccccc2OC)cc1. The number of nitrogens with one attached hydrogen (secondary N) is 1.